The summed E-state index contributed by atoms with van der Waals surface area (Å²) in [6.07, 6.45) is 1.80. The third kappa shape index (κ3) is 4.75. The van der Waals surface area contributed by atoms with Crippen LogP contribution in [0.1, 0.15) is 12.1 Å². The molecule has 0 radical (unpaired) electrons. The fraction of sp³-hybridized carbons (Fsp3) is 0.238. The van der Waals surface area contributed by atoms with Crippen LogP contribution in [0.25, 0.3) is 11.1 Å². The standard InChI is InChI=1S/C21H21N3O6/c1-30-16-6-3-13(4-7-16)14-2-5-15(22-10-14)12-24-9-8-17(25)19(21(24)29)20(28)23-11-18(26)27/h2-7,10,25H,8-9,11-12H2,1H3,(H,23,28)(H,26,27). The number of nitrogens with zero attached hydrogens (tertiary/aromatic N) is 2. The first-order valence-electron chi connectivity index (χ1n) is 9.19. The molecule has 1 aliphatic heterocycles. The zero-order valence-electron chi connectivity index (χ0n) is 16.3. The number of amides is 2. The van der Waals surface area contributed by atoms with E-state index in [1.165, 1.54) is 4.90 Å². The minimum Gasteiger partial charge on any atom is -0.511 e. The van der Waals surface area contributed by atoms with Crippen molar-refractivity contribution in [3.63, 3.8) is 0 Å². The summed E-state index contributed by atoms with van der Waals surface area (Å²) in [5.41, 5.74) is 2.05. The molecule has 9 heteroatoms. The number of nitrogens with one attached hydrogen (secondary N) is 1. The van der Waals surface area contributed by atoms with Crippen LogP contribution in [0.4, 0.5) is 0 Å². The molecule has 1 aromatic heterocycles. The van der Waals surface area contributed by atoms with Gasteiger partial charge in [0, 0.05) is 24.7 Å². The van der Waals surface area contributed by atoms with Gasteiger partial charge in [-0.15, -0.1) is 0 Å². The fourth-order valence-electron chi connectivity index (χ4n) is 3.04. The van der Waals surface area contributed by atoms with Crippen LogP contribution in [0.2, 0.25) is 0 Å². The summed E-state index contributed by atoms with van der Waals surface area (Å²) >= 11 is 0. The lowest BCUT2D eigenvalue weighted by molar-refractivity contribution is -0.138. The zero-order valence-corrected chi connectivity index (χ0v) is 16.3. The monoisotopic (exact) mass is 411 g/mol. The maximum atomic E-state index is 12.6. The second-order valence-electron chi connectivity index (χ2n) is 6.64. The van der Waals surface area contributed by atoms with E-state index in [0.717, 1.165) is 16.9 Å². The summed E-state index contributed by atoms with van der Waals surface area (Å²) in [5, 5.41) is 20.7. The minimum atomic E-state index is -1.25. The molecule has 0 atom stereocenters. The van der Waals surface area contributed by atoms with Gasteiger partial charge < -0.3 is 25.2 Å². The van der Waals surface area contributed by atoms with Gasteiger partial charge in [0.25, 0.3) is 11.8 Å². The van der Waals surface area contributed by atoms with Crippen molar-refractivity contribution in [2.45, 2.75) is 13.0 Å². The maximum Gasteiger partial charge on any atom is 0.322 e. The summed E-state index contributed by atoms with van der Waals surface area (Å²) in [6, 6.07) is 11.2. The Balaban J connectivity index is 1.69. The van der Waals surface area contributed by atoms with E-state index in [1.807, 2.05) is 30.3 Å². The van der Waals surface area contributed by atoms with Crippen molar-refractivity contribution in [3.8, 4) is 16.9 Å². The largest absolute Gasteiger partial charge is 0.511 e. The molecule has 0 aliphatic carbocycles. The van der Waals surface area contributed by atoms with Crippen LogP contribution in [-0.4, -0.2) is 58.1 Å². The first kappa shape index (κ1) is 20.8. The van der Waals surface area contributed by atoms with Crippen molar-refractivity contribution in [1.82, 2.24) is 15.2 Å². The van der Waals surface area contributed by atoms with Gasteiger partial charge in [0.05, 0.1) is 19.3 Å². The van der Waals surface area contributed by atoms with Crippen molar-refractivity contribution >= 4 is 17.8 Å². The highest BCUT2D eigenvalue weighted by molar-refractivity contribution is 6.19. The smallest absolute Gasteiger partial charge is 0.322 e. The van der Waals surface area contributed by atoms with Gasteiger partial charge in [0.1, 0.15) is 23.6 Å². The molecule has 3 N–H and O–H groups in total. The molecular weight excluding hydrogens is 390 g/mol. The number of rotatable bonds is 7. The Morgan fingerprint density at radius 1 is 1.17 bits per heavy atom. The van der Waals surface area contributed by atoms with Crippen LogP contribution in [0.15, 0.2) is 53.9 Å². The molecule has 2 amide bonds. The predicted molar refractivity (Wildman–Crippen MR) is 107 cm³/mol. The summed E-state index contributed by atoms with van der Waals surface area (Å²) in [4.78, 5) is 41.1. The van der Waals surface area contributed by atoms with Crippen molar-refractivity contribution < 1.29 is 29.3 Å². The van der Waals surface area contributed by atoms with Gasteiger partial charge in [-0.1, -0.05) is 18.2 Å². The molecule has 9 nitrogen and oxygen atoms in total. The number of aromatic nitrogens is 1. The lowest BCUT2D eigenvalue weighted by Gasteiger charge is -2.27. The summed E-state index contributed by atoms with van der Waals surface area (Å²) in [6.45, 7) is -0.260. The molecule has 156 valence electrons. The van der Waals surface area contributed by atoms with Gasteiger partial charge in [-0.05, 0) is 23.8 Å². The number of hydrogen-bond donors (Lipinski definition) is 3. The van der Waals surface area contributed by atoms with E-state index in [9.17, 15) is 19.5 Å². The molecule has 0 fully saturated rings. The number of ether oxygens (including phenoxy) is 1. The summed E-state index contributed by atoms with van der Waals surface area (Å²) < 4.78 is 5.15. The van der Waals surface area contributed by atoms with E-state index in [1.54, 1.807) is 19.4 Å². The summed E-state index contributed by atoms with van der Waals surface area (Å²) in [5.74, 6) is -2.41. The van der Waals surface area contributed by atoms with E-state index in [4.69, 9.17) is 9.84 Å². The second kappa shape index (κ2) is 9.08. The molecule has 0 spiro atoms. The number of aliphatic carboxylic acids is 1. The number of aliphatic hydroxyl groups excluding tert-OH is 1. The molecule has 1 aliphatic rings. The maximum absolute atomic E-state index is 12.6. The van der Waals surface area contributed by atoms with Gasteiger partial charge in [-0.2, -0.15) is 0 Å². The topological polar surface area (TPSA) is 129 Å². The second-order valence-corrected chi connectivity index (χ2v) is 6.64. The molecular formula is C21H21N3O6. The summed E-state index contributed by atoms with van der Waals surface area (Å²) in [7, 11) is 1.60. The Morgan fingerprint density at radius 3 is 2.47 bits per heavy atom. The van der Waals surface area contributed by atoms with Crippen molar-refractivity contribution in [3.05, 3.63) is 59.6 Å². The fourth-order valence-corrected chi connectivity index (χ4v) is 3.04. The Kier molecular flexibility index (Phi) is 6.31. The minimum absolute atomic E-state index is 0.103. The Hall–Kier alpha value is -3.88. The highest BCUT2D eigenvalue weighted by atomic mass is 16.5. The van der Waals surface area contributed by atoms with Gasteiger partial charge in [0.15, 0.2) is 0 Å². The number of methoxy groups -OCH3 is 1. The van der Waals surface area contributed by atoms with Crippen LogP contribution in [0.3, 0.4) is 0 Å². The van der Waals surface area contributed by atoms with Crippen LogP contribution in [0.5, 0.6) is 5.75 Å². The number of pyridine rings is 1. The highest BCUT2D eigenvalue weighted by Gasteiger charge is 2.32. The van der Waals surface area contributed by atoms with Crippen LogP contribution < -0.4 is 10.1 Å². The zero-order chi connectivity index (χ0) is 21.7. The molecule has 1 aromatic carbocycles. The van der Waals surface area contributed by atoms with Crippen LogP contribution >= 0.6 is 0 Å². The molecule has 0 saturated carbocycles. The molecule has 0 saturated heterocycles. The molecule has 2 aromatic rings. The quantitative estimate of drug-likeness (QED) is 0.589. The first-order valence-corrected chi connectivity index (χ1v) is 9.19. The average Bonchev–Trinajstić information content (AvgIpc) is 2.75. The molecule has 30 heavy (non-hydrogen) atoms. The SMILES string of the molecule is COc1ccc(-c2ccc(CN3CCC(O)=C(C(=O)NCC(=O)O)C3=O)nc2)cc1. The average molecular weight is 411 g/mol. The van der Waals surface area contributed by atoms with E-state index in [-0.39, 0.29) is 25.3 Å². The van der Waals surface area contributed by atoms with Gasteiger partial charge in [0.2, 0.25) is 0 Å². The molecule has 0 unspecified atom stereocenters. The normalized spacial score (nSPS) is 13.9. The number of carbonyl (C=O) groups is 3. The Bertz CT molecular complexity index is 983. The van der Waals surface area contributed by atoms with Crippen molar-refractivity contribution in [2.24, 2.45) is 0 Å². The van der Waals surface area contributed by atoms with E-state index in [2.05, 4.69) is 10.3 Å². The van der Waals surface area contributed by atoms with Crippen molar-refractivity contribution in [1.29, 1.82) is 0 Å². The number of benzene rings is 1. The van der Waals surface area contributed by atoms with E-state index < -0.39 is 29.9 Å². The van der Waals surface area contributed by atoms with E-state index in [0.29, 0.717) is 5.69 Å². The first-order chi connectivity index (χ1) is 14.4. The van der Waals surface area contributed by atoms with Gasteiger partial charge >= 0.3 is 5.97 Å². The number of carbonyl (C=O) groups excluding carboxylic acids is 2. The van der Waals surface area contributed by atoms with Crippen LogP contribution in [0, 0.1) is 0 Å². The molecule has 2 heterocycles. The Morgan fingerprint density at radius 2 is 1.87 bits per heavy atom. The number of aliphatic hydroxyl groups is 1. The third-order valence-corrected chi connectivity index (χ3v) is 4.64. The number of hydrogen-bond acceptors (Lipinski definition) is 6. The highest BCUT2D eigenvalue weighted by Crippen LogP contribution is 2.23. The third-order valence-electron chi connectivity index (χ3n) is 4.64. The lowest BCUT2D eigenvalue weighted by Crippen LogP contribution is -2.43. The van der Waals surface area contributed by atoms with E-state index >= 15 is 0 Å². The number of carboxylic acids is 1. The van der Waals surface area contributed by atoms with Gasteiger partial charge in [-0.25, -0.2) is 0 Å². The lowest BCUT2D eigenvalue weighted by atomic mass is 10.0. The van der Waals surface area contributed by atoms with Gasteiger partial charge in [-0.3, -0.25) is 19.4 Å². The molecule has 0 bridgehead atoms. The van der Waals surface area contributed by atoms with Crippen LogP contribution in [-0.2, 0) is 20.9 Å². The Labute approximate surface area is 172 Å². The molecule has 3 rings (SSSR count). The number of carboxylic acid groups (broad SMARTS) is 1. The van der Waals surface area contributed by atoms with Crippen molar-refractivity contribution in [2.75, 3.05) is 20.2 Å². The predicted octanol–water partition coefficient (Wildman–Crippen LogP) is 1.50.